The molecule has 0 unspecified atom stereocenters. The summed E-state index contributed by atoms with van der Waals surface area (Å²) in [5.41, 5.74) is 0. The highest BCUT2D eigenvalue weighted by molar-refractivity contribution is 5.91. The molecule has 1 aromatic heterocycles. The number of hydrogen-bond donors (Lipinski definition) is 2. The van der Waals surface area contributed by atoms with E-state index in [2.05, 4.69) is 25.6 Å². The van der Waals surface area contributed by atoms with Gasteiger partial charge in [0.05, 0.1) is 6.54 Å². The van der Waals surface area contributed by atoms with Gasteiger partial charge in [-0.25, -0.2) is 0 Å². The van der Waals surface area contributed by atoms with Gasteiger partial charge in [0, 0.05) is 71.4 Å². The summed E-state index contributed by atoms with van der Waals surface area (Å²) in [5, 5.41) is 9.77. The zero-order valence-electron chi connectivity index (χ0n) is 15.4. The van der Waals surface area contributed by atoms with Gasteiger partial charge in [0.1, 0.15) is 5.76 Å². The molecule has 0 aromatic carbocycles. The fourth-order valence-electron chi connectivity index (χ4n) is 3.31. The molecular formula is C17H28N6O3. The molecule has 2 N–H and O–H groups in total. The zero-order valence-corrected chi connectivity index (χ0v) is 15.4. The predicted molar refractivity (Wildman–Crippen MR) is 96.8 cm³/mol. The molecule has 0 bridgehead atoms. The second kappa shape index (κ2) is 9.11. The van der Waals surface area contributed by atoms with Crippen molar-refractivity contribution in [1.82, 2.24) is 25.2 Å². The Morgan fingerprint density at radius 2 is 1.85 bits per heavy atom. The fourth-order valence-corrected chi connectivity index (χ4v) is 3.31. The monoisotopic (exact) mass is 364 g/mol. The average Bonchev–Trinajstić information content (AvgIpc) is 3.06. The van der Waals surface area contributed by atoms with Gasteiger partial charge >= 0.3 is 0 Å². The van der Waals surface area contributed by atoms with Gasteiger partial charge in [-0.05, 0) is 6.92 Å². The number of hydrogen-bond acceptors (Lipinski definition) is 7. The molecule has 144 valence electrons. The Bertz CT molecular complexity index is 605. The summed E-state index contributed by atoms with van der Waals surface area (Å²) in [6.45, 7) is 9.74. The third-order valence-corrected chi connectivity index (χ3v) is 4.84. The van der Waals surface area contributed by atoms with Crippen molar-refractivity contribution in [3.63, 3.8) is 0 Å². The van der Waals surface area contributed by atoms with E-state index in [1.165, 1.54) is 0 Å². The molecule has 0 aliphatic carbocycles. The standard InChI is InChI=1S/C17H28N6O3/c1-14-12-15(20-26-14)19-16(24)13-22-10-8-21(9-11-22)5-2-17(25)23-6-3-18-4-7-23/h12,18H,2-11,13H2,1H3,(H,19,20,24). The maximum atomic E-state index is 12.2. The Balaban J connectivity index is 1.32. The molecule has 9 heteroatoms. The van der Waals surface area contributed by atoms with Gasteiger partial charge in [-0.1, -0.05) is 5.16 Å². The number of amides is 2. The second-order valence-electron chi connectivity index (χ2n) is 6.87. The fraction of sp³-hybridized carbons (Fsp3) is 0.706. The molecule has 1 aromatic rings. The number of aryl methyl sites for hydroxylation is 1. The SMILES string of the molecule is Cc1cc(NC(=O)CN2CCN(CCC(=O)N3CCNCC3)CC2)no1. The molecule has 2 aliphatic heterocycles. The number of nitrogens with one attached hydrogen (secondary N) is 2. The smallest absolute Gasteiger partial charge is 0.239 e. The van der Waals surface area contributed by atoms with Gasteiger partial charge in [0.2, 0.25) is 11.8 Å². The van der Waals surface area contributed by atoms with Crippen LogP contribution in [0.25, 0.3) is 0 Å². The maximum absolute atomic E-state index is 12.2. The van der Waals surface area contributed by atoms with Crippen LogP contribution < -0.4 is 10.6 Å². The number of aromatic nitrogens is 1. The lowest BCUT2D eigenvalue weighted by molar-refractivity contribution is -0.132. The normalized spacial score (nSPS) is 19.5. The average molecular weight is 364 g/mol. The summed E-state index contributed by atoms with van der Waals surface area (Å²) in [6.07, 6.45) is 0.575. The van der Waals surface area contributed by atoms with E-state index in [9.17, 15) is 9.59 Å². The Morgan fingerprint density at radius 1 is 1.15 bits per heavy atom. The van der Waals surface area contributed by atoms with E-state index < -0.39 is 0 Å². The predicted octanol–water partition coefficient (Wildman–Crippen LogP) is -0.639. The summed E-state index contributed by atoms with van der Waals surface area (Å²) in [6, 6.07) is 1.70. The first-order chi connectivity index (χ1) is 12.6. The van der Waals surface area contributed by atoms with Crippen molar-refractivity contribution < 1.29 is 14.1 Å². The van der Waals surface area contributed by atoms with Crippen LogP contribution in [0.4, 0.5) is 5.82 Å². The molecule has 2 saturated heterocycles. The van der Waals surface area contributed by atoms with Crippen LogP contribution in [0.5, 0.6) is 0 Å². The van der Waals surface area contributed by atoms with Crippen LogP contribution in [0.15, 0.2) is 10.6 Å². The lowest BCUT2D eigenvalue weighted by Gasteiger charge is -2.34. The van der Waals surface area contributed by atoms with Gasteiger partial charge in [0.15, 0.2) is 5.82 Å². The summed E-state index contributed by atoms with van der Waals surface area (Å²) in [7, 11) is 0. The number of anilines is 1. The third-order valence-electron chi connectivity index (χ3n) is 4.84. The van der Waals surface area contributed by atoms with Gasteiger partial charge in [0.25, 0.3) is 0 Å². The minimum absolute atomic E-state index is 0.0827. The highest BCUT2D eigenvalue weighted by atomic mass is 16.5. The van der Waals surface area contributed by atoms with E-state index in [0.29, 0.717) is 24.5 Å². The summed E-state index contributed by atoms with van der Waals surface area (Å²) >= 11 is 0. The van der Waals surface area contributed by atoms with E-state index in [0.717, 1.165) is 58.9 Å². The topological polar surface area (TPSA) is 94.0 Å². The molecule has 0 radical (unpaired) electrons. The van der Waals surface area contributed by atoms with Crippen LogP contribution in [0, 0.1) is 6.92 Å². The molecule has 3 heterocycles. The number of rotatable bonds is 6. The van der Waals surface area contributed by atoms with Gasteiger partial charge in [-0.3, -0.25) is 14.5 Å². The lowest BCUT2D eigenvalue weighted by atomic mass is 10.2. The van der Waals surface area contributed by atoms with Crippen molar-refractivity contribution in [3.8, 4) is 0 Å². The molecule has 2 fully saturated rings. The quantitative estimate of drug-likeness (QED) is 0.693. The molecule has 0 atom stereocenters. The Morgan fingerprint density at radius 3 is 2.50 bits per heavy atom. The summed E-state index contributed by atoms with van der Waals surface area (Å²) in [5.74, 6) is 1.29. The van der Waals surface area contributed by atoms with Crippen molar-refractivity contribution in [2.45, 2.75) is 13.3 Å². The molecule has 2 amide bonds. The molecule has 3 rings (SSSR count). The summed E-state index contributed by atoms with van der Waals surface area (Å²) in [4.78, 5) is 30.6. The number of carbonyl (C=O) groups excluding carboxylic acids is 2. The van der Waals surface area contributed by atoms with Crippen molar-refractivity contribution >= 4 is 17.6 Å². The maximum Gasteiger partial charge on any atom is 0.239 e. The van der Waals surface area contributed by atoms with Crippen molar-refractivity contribution in [2.75, 3.05) is 70.8 Å². The van der Waals surface area contributed by atoms with Crippen molar-refractivity contribution in [1.29, 1.82) is 0 Å². The molecule has 26 heavy (non-hydrogen) atoms. The number of piperazine rings is 2. The lowest BCUT2D eigenvalue weighted by Crippen LogP contribution is -2.50. The number of nitrogens with zero attached hydrogens (tertiary/aromatic N) is 4. The van der Waals surface area contributed by atoms with E-state index in [1.807, 2.05) is 4.90 Å². The minimum Gasteiger partial charge on any atom is -0.360 e. The van der Waals surface area contributed by atoms with Crippen LogP contribution in [0.3, 0.4) is 0 Å². The largest absolute Gasteiger partial charge is 0.360 e. The minimum atomic E-state index is -0.0827. The van der Waals surface area contributed by atoms with Crippen LogP contribution in [-0.2, 0) is 9.59 Å². The second-order valence-corrected chi connectivity index (χ2v) is 6.87. The van der Waals surface area contributed by atoms with Crippen molar-refractivity contribution in [3.05, 3.63) is 11.8 Å². The molecule has 0 saturated carbocycles. The van der Waals surface area contributed by atoms with Crippen LogP contribution in [0.1, 0.15) is 12.2 Å². The molecular weight excluding hydrogens is 336 g/mol. The van der Waals surface area contributed by atoms with Crippen molar-refractivity contribution in [2.24, 2.45) is 0 Å². The molecule has 0 spiro atoms. The Labute approximate surface area is 153 Å². The Hall–Kier alpha value is -1.97. The summed E-state index contributed by atoms with van der Waals surface area (Å²) < 4.78 is 4.94. The van der Waals surface area contributed by atoms with E-state index in [1.54, 1.807) is 13.0 Å². The highest BCUT2D eigenvalue weighted by Gasteiger charge is 2.21. The first-order valence-electron chi connectivity index (χ1n) is 9.26. The molecule has 9 nitrogen and oxygen atoms in total. The first kappa shape index (κ1) is 18.8. The number of carbonyl (C=O) groups is 2. The van der Waals surface area contributed by atoms with E-state index in [-0.39, 0.29) is 11.8 Å². The van der Waals surface area contributed by atoms with Gasteiger partial charge < -0.3 is 25.0 Å². The van der Waals surface area contributed by atoms with E-state index in [4.69, 9.17) is 4.52 Å². The van der Waals surface area contributed by atoms with E-state index >= 15 is 0 Å². The van der Waals surface area contributed by atoms with Crippen LogP contribution in [-0.4, -0.2) is 97.1 Å². The first-order valence-corrected chi connectivity index (χ1v) is 9.26. The van der Waals surface area contributed by atoms with Gasteiger partial charge in [-0.15, -0.1) is 0 Å². The third kappa shape index (κ3) is 5.52. The zero-order chi connectivity index (χ0) is 18.4. The van der Waals surface area contributed by atoms with Crippen LogP contribution >= 0.6 is 0 Å². The highest BCUT2D eigenvalue weighted by Crippen LogP contribution is 2.08. The van der Waals surface area contributed by atoms with Gasteiger partial charge in [-0.2, -0.15) is 0 Å². The molecule has 2 aliphatic rings. The van der Waals surface area contributed by atoms with Crippen LogP contribution in [0.2, 0.25) is 0 Å². The Kier molecular flexibility index (Phi) is 6.59.